The maximum atomic E-state index is 12.2. The first-order valence-corrected chi connectivity index (χ1v) is 27.8. The molecule has 3 N–H and O–H groups in total. The van der Waals surface area contributed by atoms with Crippen LogP contribution < -0.4 is 5.32 Å². The van der Waals surface area contributed by atoms with Gasteiger partial charge in [0, 0.05) is 19.4 Å². The van der Waals surface area contributed by atoms with E-state index in [1.807, 2.05) is 0 Å². The Kier molecular flexibility index (Phi) is 47.7. The van der Waals surface area contributed by atoms with E-state index < -0.39 is 26.5 Å². The zero-order valence-electron chi connectivity index (χ0n) is 40.6. The number of phosphoric acid groups is 1. The molecule has 0 fully saturated rings. The number of ether oxygens (including phenoxy) is 1. The van der Waals surface area contributed by atoms with Crippen LogP contribution in [0, 0.1) is 0 Å². The van der Waals surface area contributed by atoms with Crippen LogP contribution in [0.5, 0.6) is 0 Å². The highest BCUT2D eigenvalue weighted by atomic mass is 31.2. The number of esters is 1. The van der Waals surface area contributed by atoms with E-state index in [0.717, 1.165) is 44.9 Å². The molecule has 0 aliphatic carbocycles. The lowest BCUT2D eigenvalue weighted by Gasteiger charge is -2.15. The average Bonchev–Trinajstić information content (AvgIpc) is 3.26. The fourth-order valence-corrected chi connectivity index (χ4v) is 8.41. The zero-order valence-corrected chi connectivity index (χ0v) is 41.5. The predicted molar refractivity (Wildman–Crippen MR) is 261 cm³/mol. The molecule has 0 aliphatic rings. The largest absolute Gasteiger partial charge is 0.472 e. The van der Waals surface area contributed by atoms with Crippen molar-refractivity contribution in [2.45, 2.75) is 270 Å². The molecule has 0 saturated carbocycles. The van der Waals surface area contributed by atoms with Gasteiger partial charge >= 0.3 is 13.8 Å². The maximum absolute atomic E-state index is 12.2. The van der Waals surface area contributed by atoms with Crippen molar-refractivity contribution in [2.24, 2.45) is 0 Å². The van der Waals surface area contributed by atoms with Crippen LogP contribution in [0.2, 0.25) is 0 Å². The lowest BCUT2D eigenvalue weighted by atomic mass is 10.0. The van der Waals surface area contributed by atoms with Crippen molar-refractivity contribution in [1.82, 2.24) is 5.32 Å². The fraction of sp³-hybridized carbons (Fsp3) is 0.885. The van der Waals surface area contributed by atoms with Crippen molar-refractivity contribution in [1.29, 1.82) is 0 Å². The molecule has 1 amide bonds. The molecule has 0 aromatic heterocycles. The summed E-state index contributed by atoms with van der Waals surface area (Å²) in [4.78, 5) is 34.1. The standard InChI is InChI=1S/C52H100NO8P/c1-3-5-7-9-11-13-15-17-19-21-23-24-25-27-28-30-32-34-36-38-40-42-44-51(55)53-46-47-60-62(57,58)61-49-50(54)48-59-52(56)45-43-41-39-37-35-33-31-29-26-22-20-18-16-14-12-10-8-6-4-2/h12,14,18,20,50,54H,3-11,13,15-17,19,21-49H2,1-2H3,(H,53,55)(H,57,58)/b14-12-,20-18-. The Balaban J connectivity index is 3.52. The Morgan fingerprint density at radius 2 is 0.871 bits per heavy atom. The van der Waals surface area contributed by atoms with Gasteiger partial charge in [-0.2, -0.15) is 0 Å². The Morgan fingerprint density at radius 1 is 0.500 bits per heavy atom. The van der Waals surface area contributed by atoms with Crippen LogP contribution in [0.25, 0.3) is 0 Å². The number of allylic oxidation sites excluding steroid dienone is 4. The molecule has 0 aromatic carbocycles. The van der Waals surface area contributed by atoms with Crippen LogP contribution in [-0.4, -0.2) is 54.3 Å². The Labute approximate surface area is 382 Å². The summed E-state index contributed by atoms with van der Waals surface area (Å²) in [5, 5.41) is 12.8. The van der Waals surface area contributed by atoms with Gasteiger partial charge in [0.25, 0.3) is 0 Å². The quantitative estimate of drug-likeness (QED) is 0.0238. The second-order valence-corrected chi connectivity index (χ2v) is 19.3. The van der Waals surface area contributed by atoms with Crippen LogP contribution in [0.3, 0.4) is 0 Å². The van der Waals surface area contributed by atoms with E-state index in [0.29, 0.717) is 6.42 Å². The summed E-state index contributed by atoms with van der Waals surface area (Å²) in [5.74, 6) is -0.509. The fourth-order valence-electron chi connectivity index (χ4n) is 7.65. The van der Waals surface area contributed by atoms with Crippen LogP contribution in [0.15, 0.2) is 24.3 Å². The molecule has 0 spiro atoms. The van der Waals surface area contributed by atoms with Gasteiger partial charge < -0.3 is 20.1 Å². The first-order valence-electron chi connectivity index (χ1n) is 26.3. The molecule has 0 aromatic rings. The van der Waals surface area contributed by atoms with E-state index in [4.69, 9.17) is 13.8 Å². The molecule has 2 atom stereocenters. The number of hydrogen-bond acceptors (Lipinski definition) is 7. The molecule has 9 nitrogen and oxygen atoms in total. The molecule has 10 heteroatoms. The van der Waals surface area contributed by atoms with Crippen molar-refractivity contribution in [3.05, 3.63) is 24.3 Å². The third-order valence-corrected chi connectivity index (χ3v) is 12.6. The van der Waals surface area contributed by atoms with Crippen molar-refractivity contribution in [3.63, 3.8) is 0 Å². The predicted octanol–water partition coefficient (Wildman–Crippen LogP) is 15.5. The number of rotatable bonds is 50. The molecule has 0 rings (SSSR count). The molecular formula is C52H100NO8P. The van der Waals surface area contributed by atoms with E-state index in [1.165, 1.54) is 193 Å². The van der Waals surface area contributed by atoms with Gasteiger partial charge in [-0.3, -0.25) is 18.6 Å². The second kappa shape index (κ2) is 48.9. The highest BCUT2D eigenvalue weighted by Gasteiger charge is 2.23. The summed E-state index contributed by atoms with van der Waals surface area (Å²) in [5.41, 5.74) is 0. The number of aliphatic hydroxyl groups excluding tert-OH is 1. The number of aliphatic hydroxyl groups is 1. The zero-order chi connectivity index (χ0) is 45.3. The van der Waals surface area contributed by atoms with Crippen molar-refractivity contribution in [2.75, 3.05) is 26.4 Å². The number of carbonyl (C=O) groups is 2. The molecule has 0 aliphatic heterocycles. The minimum absolute atomic E-state index is 0.0855. The number of hydrogen-bond donors (Lipinski definition) is 3. The Morgan fingerprint density at radius 3 is 1.32 bits per heavy atom. The first-order chi connectivity index (χ1) is 30.3. The number of carbonyl (C=O) groups excluding carboxylic acids is 2. The van der Waals surface area contributed by atoms with Gasteiger partial charge in [-0.05, 0) is 44.9 Å². The number of unbranched alkanes of at least 4 members (excludes halogenated alkanes) is 33. The Hall–Kier alpha value is -1.51. The van der Waals surface area contributed by atoms with E-state index in [1.54, 1.807) is 0 Å². The highest BCUT2D eigenvalue weighted by molar-refractivity contribution is 7.47. The van der Waals surface area contributed by atoms with E-state index in [2.05, 4.69) is 43.5 Å². The van der Waals surface area contributed by atoms with E-state index >= 15 is 0 Å². The highest BCUT2D eigenvalue weighted by Crippen LogP contribution is 2.42. The van der Waals surface area contributed by atoms with Crippen LogP contribution in [-0.2, 0) is 27.9 Å². The van der Waals surface area contributed by atoms with Gasteiger partial charge in [-0.15, -0.1) is 0 Å². The minimum Gasteiger partial charge on any atom is -0.463 e. The van der Waals surface area contributed by atoms with Crippen LogP contribution in [0.4, 0.5) is 0 Å². The molecule has 0 radical (unpaired) electrons. The maximum Gasteiger partial charge on any atom is 0.472 e. The summed E-state index contributed by atoms with van der Waals surface area (Å²) < 4.78 is 27.0. The van der Waals surface area contributed by atoms with Gasteiger partial charge in [0.15, 0.2) is 0 Å². The van der Waals surface area contributed by atoms with Crippen molar-refractivity contribution < 1.29 is 37.9 Å². The monoisotopic (exact) mass is 898 g/mol. The SMILES string of the molecule is CCCCC/C=C\C/C=C\CCCCCCCCCCCC(=O)OCC(O)COP(=O)(O)OCCNC(=O)CCCCCCCCCCCCCCCCCCCCCCCC. The average molecular weight is 898 g/mol. The summed E-state index contributed by atoms with van der Waals surface area (Å²) in [6.07, 6.45) is 55.5. The van der Waals surface area contributed by atoms with Gasteiger partial charge in [-0.1, -0.05) is 231 Å². The van der Waals surface area contributed by atoms with E-state index in [9.17, 15) is 24.2 Å². The van der Waals surface area contributed by atoms with Crippen molar-refractivity contribution in [3.8, 4) is 0 Å². The number of amides is 1. The third kappa shape index (κ3) is 49.5. The number of phosphoric ester groups is 1. The Bertz CT molecular complexity index is 1070. The normalized spacial score (nSPS) is 13.3. The van der Waals surface area contributed by atoms with Crippen LogP contribution >= 0.6 is 7.82 Å². The van der Waals surface area contributed by atoms with E-state index in [-0.39, 0.29) is 32.1 Å². The molecular weight excluding hydrogens is 798 g/mol. The number of nitrogens with one attached hydrogen (secondary N) is 1. The molecule has 366 valence electrons. The molecule has 62 heavy (non-hydrogen) atoms. The first kappa shape index (κ1) is 60.5. The molecule has 2 unspecified atom stereocenters. The topological polar surface area (TPSA) is 131 Å². The van der Waals surface area contributed by atoms with Crippen LogP contribution in [0.1, 0.15) is 264 Å². The summed E-state index contributed by atoms with van der Waals surface area (Å²) in [7, 11) is -4.42. The molecule has 0 saturated heterocycles. The van der Waals surface area contributed by atoms with Gasteiger partial charge in [0.2, 0.25) is 5.91 Å². The molecule has 0 bridgehead atoms. The third-order valence-electron chi connectivity index (χ3n) is 11.6. The summed E-state index contributed by atoms with van der Waals surface area (Å²) in [6, 6.07) is 0. The molecule has 0 heterocycles. The lowest BCUT2D eigenvalue weighted by molar-refractivity contribution is -0.147. The minimum atomic E-state index is -4.42. The van der Waals surface area contributed by atoms with Gasteiger partial charge in [0.1, 0.15) is 12.7 Å². The smallest absolute Gasteiger partial charge is 0.463 e. The lowest BCUT2D eigenvalue weighted by Crippen LogP contribution is -2.27. The summed E-state index contributed by atoms with van der Waals surface area (Å²) in [6.45, 7) is 3.58. The van der Waals surface area contributed by atoms with Gasteiger partial charge in [-0.25, -0.2) is 4.57 Å². The second-order valence-electron chi connectivity index (χ2n) is 17.9. The summed E-state index contributed by atoms with van der Waals surface area (Å²) >= 11 is 0. The van der Waals surface area contributed by atoms with Crippen molar-refractivity contribution >= 4 is 19.7 Å². The van der Waals surface area contributed by atoms with Gasteiger partial charge in [0.05, 0.1) is 13.2 Å².